The molecular weight excluding hydrogens is 1230 g/mol. The summed E-state index contributed by atoms with van der Waals surface area (Å²) in [6.45, 7) is 2.86. The minimum Gasteiger partial charge on any atom is -0.394 e. The fourth-order valence-electron chi connectivity index (χ4n) is 14.4. The van der Waals surface area contributed by atoms with Crippen molar-refractivity contribution in [3.63, 3.8) is 0 Å². The topological polar surface area (TPSA) is 228 Å². The van der Waals surface area contributed by atoms with Crippen LogP contribution >= 0.6 is 0 Å². The highest BCUT2D eigenvalue weighted by Gasteiger charge is 2.51. The highest BCUT2D eigenvalue weighted by atomic mass is 16.7. The largest absolute Gasteiger partial charge is 0.394 e. The molecule has 0 saturated carbocycles. The normalized spacial score (nSPS) is 22.1. The van der Waals surface area contributed by atoms with E-state index in [2.05, 4.69) is 31.3 Å². The second kappa shape index (κ2) is 68.6. The molecule has 9 N–H and O–H groups in total. The molecule has 2 aliphatic rings. The predicted octanol–water partition coefficient (Wildman–Crippen LogP) is 19.8. The standard InChI is InChI=1S/C84H161NO13/c1-3-5-7-9-11-13-15-17-19-21-23-25-27-28-29-30-31-32-33-34-35-36-37-38-39-40-41-42-43-44-46-48-50-52-54-56-58-60-62-64-66-68-76(89)85-72(71-95-83-81(94)79(92)82(75(70-87)97-83)98-84-80(93)78(91)77(90)74(69-86)96-84)73(88)67-65-63-61-59-57-55-53-51-49-47-45-26-24-22-20-18-16-14-12-10-8-6-4-2/h57,59,65,67,72-75,77-84,86-88,90-94H,3-56,58,60-64,66,68-71H2,1-2H3,(H,85,89)/b59-57+,67-65+. The summed E-state index contributed by atoms with van der Waals surface area (Å²) in [6, 6.07) is -0.930. The first-order chi connectivity index (χ1) is 48.1. The average molecular weight is 1390 g/mol. The van der Waals surface area contributed by atoms with Crippen molar-refractivity contribution < 1.29 is 64.6 Å². The molecular formula is C84H161NO13. The Labute approximate surface area is 602 Å². The van der Waals surface area contributed by atoms with E-state index in [1.54, 1.807) is 6.08 Å². The molecule has 12 atom stereocenters. The maximum atomic E-state index is 13.4. The van der Waals surface area contributed by atoms with Gasteiger partial charge in [0.2, 0.25) is 5.91 Å². The van der Waals surface area contributed by atoms with E-state index in [1.165, 1.54) is 347 Å². The molecule has 2 rings (SSSR count). The number of hydrogen-bond acceptors (Lipinski definition) is 13. The maximum absolute atomic E-state index is 13.4. The smallest absolute Gasteiger partial charge is 0.220 e. The molecule has 0 aromatic rings. The SMILES string of the molecule is CCCCCCCCCCCCCCCCCCC/C=C/CC/C=C/C(O)C(COC1OC(CO)C(OC2OC(CO)C(O)C(O)C2O)C(O)C1O)NC(=O)CCCCCCCCCCCCCCCCCCCCCCCCCCCCCCCCCCCCCCCCCCC. The molecule has 98 heavy (non-hydrogen) atoms. The maximum Gasteiger partial charge on any atom is 0.220 e. The van der Waals surface area contributed by atoms with Gasteiger partial charge >= 0.3 is 0 Å². The summed E-state index contributed by atoms with van der Waals surface area (Å²) >= 11 is 0. The van der Waals surface area contributed by atoms with E-state index in [0.29, 0.717) is 12.8 Å². The Morgan fingerprint density at radius 3 is 1.00 bits per heavy atom. The third kappa shape index (κ3) is 50.8. The van der Waals surface area contributed by atoms with Gasteiger partial charge < -0.3 is 65.1 Å². The van der Waals surface area contributed by atoms with Crippen molar-refractivity contribution in [2.75, 3.05) is 19.8 Å². The summed E-state index contributed by atoms with van der Waals surface area (Å²) < 4.78 is 22.9. The summed E-state index contributed by atoms with van der Waals surface area (Å²) in [5.74, 6) is -0.239. The van der Waals surface area contributed by atoms with E-state index >= 15 is 0 Å². The van der Waals surface area contributed by atoms with Gasteiger partial charge in [0.25, 0.3) is 0 Å². The van der Waals surface area contributed by atoms with Crippen LogP contribution in [0.4, 0.5) is 0 Å². The molecule has 0 aromatic heterocycles. The molecule has 0 spiro atoms. The van der Waals surface area contributed by atoms with Crippen LogP contribution in [0.5, 0.6) is 0 Å². The summed E-state index contributed by atoms with van der Waals surface area (Å²) in [5.41, 5.74) is 0. The van der Waals surface area contributed by atoms with Gasteiger partial charge in [0.15, 0.2) is 12.6 Å². The molecule has 2 fully saturated rings. The number of unbranched alkanes of at least 4 members (excludes halogenated alkanes) is 58. The van der Waals surface area contributed by atoms with Crippen molar-refractivity contribution in [3.8, 4) is 0 Å². The van der Waals surface area contributed by atoms with E-state index in [4.69, 9.17) is 18.9 Å². The van der Waals surface area contributed by atoms with E-state index in [1.807, 2.05) is 6.08 Å². The number of carbonyl (C=O) groups is 1. The molecule has 0 aliphatic carbocycles. The first kappa shape index (κ1) is 92.6. The van der Waals surface area contributed by atoms with Gasteiger partial charge in [-0.2, -0.15) is 0 Å². The fourth-order valence-corrected chi connectivity index (χ4v) is 14.4. The molecule has 2 saturated heterocycles. The monoisotopic (exact) mass is 1390 g/mol. The van der Waals surface area contributed by atoms with E-state index in [0.717, 1.165) is 32.1 Å². The van der Waals surface area contributed by atoms with Crippen molar-refractivity contribution in [1.82, 2.24) is 5.32 Å². The van der Waals surface area contributed by atoms with E-state index in [-0.39, 0.29) is 18.9 Å². The molecule has 0 bridgehead atoms. The summed E-state index contributed by atoms with van der Waals surface area (Å²) in [7, 11) is 0. The Morgan fingerprint density at radius 1 is 0.357 bits per heavy atom. The van der Waals surface area contributed by atoms with Crippen LogP contribution in [0.3, 0.4) is 0 Å². The zero-order valence-electron chi connectivity index (χ0n) is 63.8. The zero-order chi connectivity index (χ0) is 70.8. The first-order valence-corrected chi connectivity index (χ1v) is 42.6. The molecule has 12 unspecified atom stereocenters. The molecule has 14 heteroatoms. The Bertz CT molecular complexity index is 1740. The van der Waals surface area contributed by atoms with Crippen LogP contribution in [0.1, 0.15) is 412 Å². The van der Waals surface area contributed by atoms with Crippen LogP contribution in [0.2, 0.25) is 0 Å². The number of allylic oxidation sites excluding steroid dienone is 3. The first-order valence-electron chi connectivity index (χ1n) is 42.6. The van der Waals surface area contributed by atoms with Gasteiger partial charge in [0.05, 0.1) is 32.0 Å². The van der Waals surface area contributed by atoms with Crippen molar-refractivity contribution in [2.24, 2.45) is 0 Å². The summed E-state index contributed by atoms with van der Waals surface area (Å²) in [6.07, 6.45) is 73.0. The van der Waals surface area contributed by atoms with Crippen LogP contribution in [0, 0.1) is 0 Å². The minimum atomic E-state index is -1.79. The van der Waals surface area contributed by atoms with Crippen LogP contribution in [0.15, 0.2) is 24.3 Å². The van der Waals surface area contributed by atoms with Gasteiger partial charge in [-0.25, -0.2) is 0 Å². The lowest BCUT2D eigenvalue weighted by Gasteiger charge is -2.46. The van der Waals surface area contributed by atoms with Crippen LogP contribution in [-0.2, 0) is 23.7 Å². The number of aliphatic hydroxyl groups excluding tert-OH is 8. The third-order valence-corrected chi connectivity index (χ3v) is 21.1. The van der Waals surface area contributed by atoms with Crippen molar-refractivity contribution in [1.29, 1.82) is 0 Å². The Hall–Kier alpha value is -1.53. The summed E-state index contributed by atoms with van der Waals surface area (Å²) in [4.78, 5) is 13.4. The number of nitrogens with one attached hydrogen (secondary N) is 1. The van der Waals surface area contributed by atoms with Crippen molar-refractivity contribution >= 4 is 5.91 Å². The van der Waals surface area contributed by atoms with Crippen LogP contribution < -0.4 is 5.32 Å². The van der Waals surface area contributed by atoms with E-state index in [9.17, 15) is 45.6 Å². The Morgan fingerprint density at radius 2 is 0.653 bits per heavy atom. The average Bonchev–Trinajstić information content (AvgIpc) is 0.793. The zero-order valence-corrected chi connectivity index (χ0v) is 63.8. The molecule has 2 aliphatic heterocycles. The lowest BCUT2D eigenvalue weighted by Crippen LogP contribution is -2.65. The number of carbonyl (C=O) groups excluding carboxylic acids is 1. The van der Waals surface area contributed by atoms with Gasteiger partial charge in [0.1, 0.15) is 48.8 Å². The molecule has 0 radical (unpaired) electrons. The Kier molecular flexibility index (Phi) is 64.8. The van der Waals surface area contributed by atoms with Gasteiger partial charge in [-0.1, -0.05) is 398 Å². The van der Waals surface area contributed by atoms with Gasteiger partial charge in [-0.3, -0.25) is 4.79 Å². The number of ether oxygens (including phenoxy) is 4. The van der Waals surface area contributed by atoms with Crippen LogP contribution in [-0.4, -0.2) is 140 Å². The van der Waals surface area contributed by atoms with E-state index < -0.39 is 86.8 Å². The number of aliphatic hydroxyl groups is 8. The molecule has 1 amide bonds. The quantitative estimate of drug-likeness (QED) is 0.0204. The second-order valence-electron chi connectivity index (χ2n) is 30.3. The molecule has 2 heterocycles. The highest BCUT2D eigenvalue weighted by Crippen LogP contribution is 2.31. The van der Waals surface area contributed by atoms with Gasteiger partial charge in [-0.15, -0.1) is 0 Å². The minimum absolute atomic E-state index is 0.239. The lowest BCUT2D eigenvalue weighted by atomic mass is 9.97. The number of amides is 1. The van der Waals surface area contributed by atoms with Crippen molar-refractivity contribution in [2.45, 2.75) is 485 Å². The highest BCUT2D eigenvalue weighted by molar-refractivity contribution is 5.76. The summed E-state index contributed by atoms with van der Waals surface area (Å²) in [5, 5.41) is 87.7. The van der Waals surface area contributed by atoms with Gasteiger partial charge in [-0.05, 0) is 32.1 Å². The van der Waals surface area contributed by atoms with Gasteiger partial charge in [0, 0.05) is 6.42 Å². The van der Waals surface area contributed by atoms with Crippen LogP contribution in [0.25, 0.3) is 0 Å². The second-order valence-corrected chi connectivity index (χ2v) is 30.3. The predicted molar refractivity (Wildman–Crippen MR) is 406 cm³/mol. The number of hydrogen-bond donors (Lipinski definition) is 9. The third-order valence-electron chi connectivity index (χ3n) is 21.1. The van der Waals surface area contributed by atoms with Crippen molar-refractivity contribution in [3.05, 3.63) is 24.3 Å². The molecule has 0 aromatic carbocycles. The Balaban J connectivity index is 1.55. The fraction of sp³-hybridized carbons (Fsp3) is 0.940. The molecule has 14 nitrogen and oxygen atoms in total. The molecule has 580 valence electrons. The number of rotatable bonds is 73. The lowest BCUT2D eigenvalue weighted by molar-refractivity contribution is -0.359.